The van der Waals surface area contributed by atoms with Gasteiger partial charge in [-0.1, -0.05) is 35.5 Å². The molecule has 2 heterocycles. The molecule has 2 N–H and O–H groups in total. The van der Waals surface area contributed by atoms with Crippen LogP contribution in [0.5, 0.6) is 0 Å². The largest absolute Gasteiger partial charge is 0.379 e. The van der Waals surface area contributed by atoms with E-state index in [0.717, 1.165) is 39.6 Å². The SMILES string of the molecule is Cc1nc(NC(=O)NCCOCC2CC2)sc1C#Cc1ccnc2ccccc12. The molecule has 0 atom stereocenters. The number of hydrogen-bond acceptors (Lipinski definition) is 5. The first-order chi connectivity index (χ1) is 14.2. The molecule has 1 aromatic carbocycles. The molecule has 29 heavy (non-hydrogen) atoms. The molecule has 3 aromatic rings. The Bertz CT molecular complexity index is 1070. The van der Waals surface area contributed by atoms with E-state index in [1.165, 1.54) is 24.2 Å². The molecule has 0 radical (unpaired) electrons. The monoisotopic (exact) mass is 406 g/mol. The number of fused-ring (bicyclic) bond motifs is 1. The van der Waals surface area contributed by atoms with Crippen LogP contribution in [0.3, 0.4) is 0 Å². The first-order valence-electron chi connectivity index (χ1n) is 9.65. The Labute approximate surface area is 173 Å². The maximum absolute atomic E-state index is 12.0. The van der Waals surface area contributed by atoms with Crippen molar-refractivity contribution >= 4 is 33.4 Å². The molecule has 4 rings (SSSR count). The third-order valence-corrected chi connectivity index (χ3v) is 5.55. The fraction of sp³-hybridized carbons (Fsp3) is 0.318. The standard InChI is InChI=1S/C22H22N4O2S/c1-15-20(9-8-17-10-11-23-19-5-3-2-4-18(17)19)29-22(25-15)26-21(27)24-12-13-28-14-16-6-7-16/h2-5,10-11,16H,6-7,12-14H2,1H3,(H2,24,25,26,27). The van der Waals surface area contributed by atoms with Gasteiger partial charge in [-0.05, 0) is 43.7 Å². The van der Waals surface area contributed by atoms with E-state index in [-0.39, 0.29) is 6.03 Å². The van der Waals surface area contributed by atoms with Crippen LogP contribution in [0.25, 0.3) is 10.9 Å². The van der Waals surface area contributed by atoms with Crippen LogP contribution in [0.2, 0.25) is 0 Å². The molecule has 1 aliphatic carbocycles. The number of aryl methyl sites for hydroxylation is 1. The normalized spacial score (nSPS) is 13.0. The Morgan fingerprint density at radius 2 is 2.14 bits per heavy atom. The average Bonchev–Trinajstić information content (AvgIpc) is 3.48. The lowest BCUT2D eigenvalue weighted by atomic mass is 10.1. The minimum atomic E-state index is -0.284. The summed E-state index contributed by atoms with van der Waals surface area (Å²) in [6, 6.07) is 9.54. The number of aromatic nitrogens is 2. The lowest BCUT2D eigenvalue weighted by Gasteiger charge is -2.05. The molecule has 148 valence electrons. The van der Waals surface area contributed by atoms with E-state index in [1.807, 2.05) is 37.3 Å². The van der Waals surface area contributed by atoms with E-state index in [4.69, 9.17) is 4.74 Å². The van der Waals surface area contributed by atoms with Crippen molar-refractivity contribution in [2.75, 3.05) is 25.1 Å². The minimum absolute atomic E-state index is 0.284. The zero-order valence-electron chi connectivity index (χ0n) is 16.2. The van der Waals surface area contributed by atoms with E-state index in [9.17, 15) is 4.79 Å². The number of pyridine rings is 1. The fourth-order valence-corrected chi connectivity index (χ4v) is 3.62. The first-order valence-corrected chi connectivity index (χ1v) is 10.5. The van der Waals surface area contributed by atoms with Crippen LogP contribution >= 0.6 is 11.3 Å². The average molecular weight is 407 g/mol. The van der Waals surface area contributed by atoms with Gasteiger partial charge < -0.3 is 10.1 Å². The summed E-state index contributed by atoms with van der Waals surface area (Å²) in [7, 11) is 0. The third-order valence-electron chi connectivity index (χ3n) is 4.56. The van der Waals surface area contributed by atoms with Gasteiger partial charge in [0.2, 0.25) is 0 Å². The highest BCUT2D eigenvalue weighted by Gasteiger charge is 2.20. The number of anilines is 1. The number of urea groups is 1. The second-order valence-electron chi connectivity index (χ2n) is 6.96. The second-order valence-corrected chi connectivity index (χ2v) is 7.96. The topological polar surface area (TPSA) is 76.1 Å². The molecule has 7 heteroatoms. The molecule has 0 unspecified atom stereocenters. The maximum Gasteiger partial charge on any atom is 0.321 e. The van der Waals surface area contributed by atoms with E-state index < -0.39 is 0 Å². The van der Waals surface area contributed by atoms with Gasteiger partial charge in [-0.15, -0.1) is 0 Å². The van der Waals surface area contributed by atoms with Gasteiger partial charge in [0, 0.05) is 30.3 Å². The van der Waals surface area contributed by atoms with E-state index in [1.54, 1.807) is 6.20 Å². The fourth-order valence-electron chi connectivity index (χ4n) is 2.81. The van der Waals surface area contributed by atoms with Gasteiger partial charge in [-0.3, -0.25) is 10.3 Å². The first kappa shape index (κ1) is 19.4. The highest BCUT2D eigenvalue weighted by Crippen LogP contribution is 2.28. The van der Waals surface area contributed by atoms with Gasteiger partial charge in [-0.25, -0.2) is 9.78 Å². The molecule has 0 bridgehead atoms. The van der Waals surface area contributed by atoms with Crippen LogP contribution in [-0.2, 0) is 4.74 Å². The minimum Gasteiger partial charge on any atom is -0.379 e. The van der Waals surface area contributed by atoms with Crippen LogP contribution in [0, 0.1) is 24.7 Å². The number of benzene rings is 1. The van der Waals surface area contributed by atoms with Crippen molar-refractivity contribution in [1.82, 2.24) is 15.3 Å². The van der Waals surface area contributed by atoms with E-state index in [0.29, 0.717) is 18.3 Å². The number of nitrogens with one attached hydrogen (secondary N) is 2. The Morgan fingerprint density at radius 1 is 1.28 bits per heavy atom. The summed E-state index contributed by atoms with van der Waals surface area (Å²) in [6.07, 6.45) is 4.29. The molecule has 2 amide bonds. The molecule has 1 aliphatic rings. The zero-order chi connectivity index (χ0) is 20.1. The Balaban J connectivity index is 1.35. The molecule has 0 aliphatic heterocycles. The second kappa shape index (κ2) is 9.03. The summed E-state index contributed by atoms with van der Waals surface area (Å²) >= 11 is 1.36. The quantitative estimate of drug-likeness (QED) is 0.480. The van der Waals surface area contributed by atoms with Crippen LogP contribution < -0.4 is 10.6 Å². The van der Waals surface area contributed by atoms with Crippen molar-refractivity contribution in [3.05, 3.63) is 52.7 Å². The van der Waals surface area contributed by atoms with Gasteiger partial charge in [0.25, 0.3) is 0 Å². The Kier molecular flexibility index (Phi) is 6.03. The molecular weight excluding hydrogens is 384 g/mol. The summed E-state index contributed by atoms with van der Waals surface area (Å²) in [5.41, 5.74) is 2.63. The maximum atomic E-state index is 12.0. The predicted molar refractivity (Wildman–Crippen MR) is 115 cm³/mol. The van der Waals surface area contributed by atoms with Gasteiger partial charge in [-0.2, -0.15) is 0 Å². The summed E-state index contributed by atoms with van der Waals surface area (Å²) in [6.45, 7) is 3.69. The number of rotatable bonds is 6. The Hall–Kier alpha value is -2.95. The molecule has 1 fully saturated rings. The lowest BCUT2D eigenvalue weighted by Crippen LogP contribution is -2.31. The summed E-state index contributed by atoms with van der Waals surface area (Å²) < 4.78 is 5.51. The predicted octanol–water partition coefficient (Wildman–Crippen LogP) is 3.95. The molecular formula is C22H22N4O2S. The number of nitrogens with zero attached hydrogens (tertiary/aromatic N) is 2. The van der Waals surface area contributed by atoms with Crippen molar-refractivity contribution in [2.45, 2.75) is 19.8 Å². The van der Waals surface area contributed by atoms with Gasteiger partial charge in [0.05, 0.1) is 17.8 Å². The van der Waals surface area contributed by atoms with Crippen molar-refractivity contribution in [2.24, 2.45) is 5.92 Å². The van der Waals surface area contributed by atoms with Crippen molar-refractivity contribution in [1.29, 1.82) is 0 Å². The zero-order valence-corrected chi connectivity index (χ0v) is 17.0. The van der Waals surface area contributed by atoms with Gasteiger partial charge in [0.15, 0.2) is 5.13 Å². The number of carbonyl (C=O) groups is 1. The highest BCUT2D eigenvalue weighted by atomic mass is 32.1. The smallest absolute Gasteiger partial charge is 0.321 e. The van der Waals surface area contributed by atoms with Crippen molar-refractivity contribution < 1.29 is 9.53 Å². The lowest BCUT2D eigenvalue weighted by molar-refractivity contribution is 0.127. The molecule has 0 spiro atoms. The summed E-state index contributed by atoms with van der Waals surface area (Å²) in [4.78, 5) is 21.6. The molecule has 1 saturated carbocycles. The van der Waals surface area contributed by atoms with Crippen LogP contribution in [0.4, 0.5) is 9.93 Å². The van der Waals surface area contributed by atoms with Crippen LogP contribution in [-0.4, -0.2) is 35.8 Å². The molecule has 2 aromatic heterocycles. The van der Waals surface area contributed by atoms with Crippen LogP contribution in [0.1, 0.15) is 29.0 Å². The van der Waals surface area contributed by atoms with Crippen LogP contribution in [0.15, 0.2) is 36.5 Å². The summed E-state index contributed by atoms with van der Waals surface area (Å²) in [5.74, 6) is 7.12. The molecule has 6 nitrogen and oxygen atoms in total. The summed E-state index contributed by atoms with van der Waals surface area (Å²) in [5, 5.41) is 7.10. The van der Waals surface area contributed by atoms with E-state index >= 15 is 0 Å². The number of hydrogen-bond donors (Lipinski definition) is 2. The van der Waals surface area contributed by atoms with Crippen molar-refractivity contribution in [3.63, 3.8) is 0 Å². The van der Waals surface area contributed by atoms with Gasteiger partial charge >= 0.3 is 6.03 Å². The van der Waals surface area contributed by atoms with E-state index in [2.05, 4.69) is 32.4 Å². The third kappa shape index (κ3) is 5.31. The number of ether oxygens (including phenoxy) is 1. The van der Waals surface area contributed by atoms with Gasteiger partial charge in [0.1, 0.15) is 4.88 Å². The number of amides is 2. The number of para-hydroxylation sites is 1. The number of thiazole rings is 1. The number of carbonyl (C=O) groups excluding carboxylic acids is 1. The Morgan fingerprint density at radius 3 is 3.00 bits per heavy atom. The molecule has 0 saturated heterocycles. The van der Waals surface area contributed by atoms with Crippen molar-refractivity contribution in [3.8, 4) is 11.8 Å². The highest BCUT2D eigenvalue weighted by molar-refractivity contribution is 7.16.